The minimum absolute atomic E-state index is 0.169. The van der Waals surface area contributed by atoms with Crippen LogP contribution in [0.4, 0.5) is 0 Å². The average molecular weight is 223 g/mol. The van der Waals surface area contributed by atoms with Gasteiger partial charge in [0.15, 0.2) is 0 Å². The van der Waals surface area contributed by atoms with E-state index in [4.69, 9.17) is 10.5 Å². The predicted molar refractivity (Wildman–Crippen MR) is 61.0 cm³/mol. The van der Waals surface area contributed by atoms with Crippen molar-refractivity contribution in [1.29, 1.82) is 0 Å². The highest BCUT2D eigenvalue weighted by molar-refractivity contribution is 5.70. The summed E-state index contributed by atoms with van der Waals surface area (Å²) >= 11 is 0. The molecule has 0 unspecified atom stereocenters. The van der Waals surface area contributed by atoms with Gasteiger partial charge in [-0.25, -0.2) is 0 Å². The summed E-state index contributed by atoms with van der Waals surface area (Å²) in [7, 11) is 0. The molecule has 1 rings (SSSR count). The van der Waals surface area contributed by atoms with Crippen LogP contribution < -0.4 is 5.73 Å². The Morgan fingerprint density at radius 2 is 2.19 bits per heavy atom. The molecule has 0 bridgehead atoms. The molecule has 16 heavy (non-hydrogen) atoms. The summed E-state index contributed by atoms with van der Waals surface area (Å²) in [5, 5.41) is 9.53. The Morgan fingerprint density at radius 3 is 2.81 bits per heavy atom. The van der Waals surface area contributed by atoms with Crippen molar-refractivity contribution in [3.8, 4) is 5.75 Å². The molecule has 0 spiro atoms. The lowest BCUT2D eigenvalue weighted by Gasteiger charge is -2.11. The van der Waals surface area contributed by atoms with Gasteiger partial charge in [0, 0.05) is 6.04 Å². The Labute approximate surface area is 95.0 Å². The van der Waals surface area contributed by atoms with Crippen molar-refractivity contribution in [2.75, 3.05) is 6.61 Å². The fourth-order valence-electron chi connectivity index (χ4n) is 1.47. The molecule has 0 fully saturated rings. The van der Waals surface area contributed by atoms with Crippen LogP contribution in [0.5, 0.6) is 5.75 Å². The Hall–Kier alpha value is -1.55. The first-order valence-corrected chi connectivity index (χ1v) is 5.31. The van der Waals surface area contributed by atoms with E-state index in [-0.39, 0.29) is 24.2 Å². The summed E-state index contributed by atoms with van der Waals surface area (Å²) in [5.74, 6) is -0.0905. The molecule has 0 amide bonds. The fraction of sp³-hybridized carbons (Fsp3) is 0.417. The van der Waals surface area contributed by atoms with E-state index >= 15 is 0 Å². The zero-order valence-corrected chi connectivity index (χ0v) is 9.35. The van der Waals surface area contributed by atoms with Crippen LogP contribution in [0.15, 0.2) is 24.3 Å². The maximum absolute atomic E-state index is 11.2. The molecule has 0 heterocycles. The SMILES string of the molecule is CCOC(=O)C[C@@H](N)Cc1ccccc1O. The number of phenols is 1. The van der Waals surface area contributed by atoms with Crippen LogP contribution in [0.2, 0.25) is 0 Å². The van der Waals surface area contributed by atoms with E-state index in [9.17, 15) is 9.90 Å². The number of rotatable bonds is 5. The number of phenolic OH excluding ortho intramolecular Hbond substituents is 1. The minimum Gasteiger partial charge on any atom is -0.508 e. The Morgan fingerprint density at radius 1 is 1.50 bits per heavy atom. The van der Waals surface area contributed by atoms with Crippen molar-refractivity contribution in [2.24, 2.45) is 5.73 Å². The van der Waals surface area contributed by atoms with Crippen LogP contribution in [0.25, 0.3) is 0 Å². The molecule has 4 heteroatoms. The van der Waals surface area contributed by atoms with Crippen molar-refractivity contribution in [3.63, 3.8) is 0 Å². The Kier molecular flexibility index (Phi) is 4.79. The molecular formula is C12H17NO3. The minimum atomic E-state index is -0.327. The van der Waals surface area contributed by atoms with E-state index in [1.54, 1.807) is 25.1 Å². The van der Waals surface area contributed by atoms with E-state index in [0.29, 0.717) is 13.0 Å². The lowest BCUT2D eigenvalue weighted by molar-refractivity contribution is -0.143. The second kappa shape index (κ2) is 6.12. The summed E-state index contributed by atoms with van der Waals surface area (Å²) in [6.45, 7) is 2.12. The molecule has 3 N–H and O–H groups in total. The van der Waals surface area contributed by atoms with Gasteiger partial charge in [-0.1, -0.05) is 18.2 Å². The lowest BCUT2D eigenvalue weighted by Crippen LogP contribution is -2.27. The standard InChI is InChI=1S/C12H17NO3/c1-2-16-12(15)8-10(13)7-9-5-3-4-6-11(9)14/h3-6,10,14H,2,7-8,13H2,1H3/t10-/m0/s1. The molecule has 1 aromatic carbocycles. The van der Waals surface area contributed by atoms with Gasteiger partial charge in [-0.2, -0.15) is 0 Å². The highest BCUT2D eigenvalue weighted by atomic mass is 16.5. The second-order valence-electron chi connectivity index (χ2n) is 3.60. The number of esters is 1. The first kappa shape index (κ1) is 12.5. The third-order valence-electron chi connectivity index (χ3n) is 2.21. The predicted octanol–water partition coefficient (Wildman–Crippen LogP) is 1.22. The number of nitrogens with two attached hydrogens (primary N) is 1. The van der Waals surface area contributed by atoms with Crippen LogP contribution in [-0.4, -0.2) is 23.7 Å². The number of aromatic hydroxyl groups is 1. The first-order valence-electron chi connectivity index (χ1n) is 5.31. The van der Waals surface area contributed by atoms with Gasteiger partial charge in [0.1, 0.15) is 5.75 Å². The van der Waals surface area contributed by atoms with Crippen molar-refractivity contribution in [2.45, 2.75) is 25.8 Å². The monoisotopic (exact) mass is 223 g/mol. The molecule has 0 aliphatic heterocycles. The molecule has 88 valence electrons. The van der Waals surface area contributed by atoms with E-state index in [1.807, 2.05) is 6.07 Å². The quantitative estimate of drug-likeness (QED) is 0.736. The normalized spacial score (nSPS) is 12.1. The molecule has 0 saturated heterocycles. The van der Waals surface area contributed by atoms with Gasteiger partial charge in [0.25, 0.3) is 0 Å². The van der Waals surface area contributed by atoms with E-state index in [0.717, 1.165) is 5.56 Å². The number of hydrogen-bond donors (Lipinski definition) is 2. The van der Waals surface area contributed by atoms with E-state index in [2.05, 4.69) is 0 Å². The number of para-hydroxylation sites is 1. The highest BCUT2D eigenvalue weighted by Crippen LogP contribution is 2.17. The van der Waals surface area contributed by atoms with Crippen LogP contribution in [0.1, 0.15) is 18.9 Å². The average Bonchev–Trinajstić information content (AvgIpc) is 2.21. The second-order valence-corrected chi connectivity index (χ2v) is 3.60. The Bertz CT molecular complexity index is 352. The maximum Gasteiger partial charge on any atom is 0.307 e. The van der Waals surface area contributed by atoms with Crippen molar-refractivity contribution in [1.82, 2.24) is 0 Å². The van der Waals surface area contributed by atoms with E-state index in [1.165, 1.54) is 0 Å². The summed E-state index contributed by atoms with van der Waals surface area (Å²) in [4.78, 5) is 11.2. The number of carbonyl (C=O) groups excluding carboxylic acids is 1. The van der Waals surface area contributed by atoms with Gasteiger partial charge in [-0.05, 0) is 25.0 Å². The third-order valence-corrected chi connectivity index (χ3v) is 2.21. The molecule has 1 aromatic rings. The van der Waals surface area contributed by atoms with Gasteiger partial charge in [-0.3, -0.25) is 4.79 Å². The summed E-state index contributed by atoms with van der Waals surface area (Å²) in [5.41, 5.74) is 6.54. The molecule has 0 aliphatic carbocycles. The smallest absolute Gasteiger partial charge is 0.307 e. The maximum atomic E-state index is 11.2. The molecule has 1 atom stereocenters. The van der Waals surface area contributed by atoms with Gasteiger partial charge >= 0.3 is 5.97 Å². The summed E-state index contributed by atoms with van der Waals surface area (Å²) in [6, 6.07) is 6.64. The number of hydrogen-bond acceptors (Lipinski definition) is 4. The van der Waals surface area contributed by atoms with Gasteiger partial charge in [-0.15, -0.1) is 0 Å². The van der Waals surface area contributed by atoms with Crippen LogP contribution >= 0.6 is 0 Å². The van der Waals surface area contributed by atoms with Gasteiger partial charge in [0.2, 0.25) is 0 Å². The molecule has 0 saturated carbocycles. The molecule has 4 nitrogen and oxygen atoms in total. The molecular weight excluding hydrogens is 206 g/mol. The largest absolute Gasteiger partial charge is 0.508 e. The zero-order chi connectivity index (χ0) is 12.0. The first-order chi connectivity index (χ1) is 7.63. The number of ether oxygens (including phenoxy) is 1. The van der Waals surface area contributed by atoms with Gasteiger partial charge in [0.05, 0.1) is 13.0 Å². The van der Waals surface area contributed by atoms with Crippen molar-refractivity contribution in [3.05, 3.63) is 29.8 Å². The molecule has 0 radical (unpaired) electrons. The molecule has 0 aromatic heterocycles. The van der Waals surface area contributed by atoms with Crippen LogP contribution in [0.3, 0.4) is 0 Å². The van der Waals surface area contributed by atoms with Crippen LogP contribution in [0, 0.1) is 0 Å². The van der Waals surface area contributed by atoms with Crippen molar-refractivity contribution >= 4 is 5.97 Å². The lowest BCUT2D eigenvalue weighted by atomic mass is 10.0. The van der Waals surface area contributed by atoms with Crippen LogP contribution in [-0.2, 0) is 16.0 Å². The highest BCUT2D eigenvalue weighted by Gasteiger charge is 2.12. The fourth-order valence-corrected chi connectivity index (χ4v) is 1.47. The van der Waals surface area contributed by atoms with E-state index < -0.39 is 0 Å². The summed E-state index contributed by atoms with van der Waals surface area (Å²) < 4.78 is 4.80. The van der Waals surface area contributed by atoms with Crippen molar-refractivity contribution < 1.29 is 14.6 Å². The topological polar surface area (TPSA) is 72.5 Å². The number of benzene rings is 1. The Balaban J connectivity index is 2.48. The summed E-state index contributed by atoms with van der Waals surface area (Å²) in [6.07, 6.45) is 0.633. The zero-order valence-electron chi connectivity index (χ0n) is 9.35. The van der Waals surface area contributed by atoms with Gasteiger partial charge < -0.3 is 15.6 Å². The third kappa shape index (κ3) is 3.90. The number of carbonyl (C=O) groups is 1. The molecule has 0 aliphatic rings.